The third kappa shape index (κ3) is 5.68. The number of esters is 1. The van der Waals surface area contributed by atoms with Gasteiger partial charge in [0.05, 0.1) is 43.6 Å². The highest BCUT2D eigenvalue weighted by Gasteiger charge is 2.24. The molecule has 0 spiro atoms. The Labute approximate surface area is 242 Å². The number of fused-ring (bicyclic) bond motifs is 1. The Kier molecular flexibility index (Phi) is 7.98. The maximum absolute atomic E-state index is 12.0. The number of methoxy groups -OCH3 is 2. The topological polar surface area (TPSA) is 88.4 Å². The summed E-state index contributed by atoms with van der Waals surface area (Å²) in [6.45, 7) is 1.42. The first-order valence-electron chi connectivity index (χ1n) is 13.5. The number of aromatic nitrogens is 4. The zero-order chi connectivity index (χ0) is 28.2. The first-order valence-corrected chi connectivity index (χ1v) is 14.5. The molecule has 6 rings (SSSR count). The fraction of sp³-hybridized carbons (Fsp3) is 0.250. The van der Waals surface area contributed by atoms with Crippen LogP contribution >= 0.6 is 11.8 Å². The largest absolute Gasteiger partial charge is 0.496 e. The van der Waals surface area contributed by atoms with Crippen molar-refractivity contribution in [2.45, 2.75) is 36.4 Å². The summed E-state index contributed by atoms with van der Waals surface area (Å²) in [4.78, 5) is 17.0. The van der Waals surface area contributed by atoms with Gasteiger partial charge in [0.15, 0.2) is 11.0 Å². The van der Waals surface area contributed by atoms with Gasteiger partial charge in [-0.25, -0.2) is 9.78 Å². The molecule has 3 aromatic carbocycles. The Morgan fingerprint density at radius 1 is 1.02 bits per heavy atom. The van der Waals surface area contributed by atoms with Gasteiger partial charge in [0.1, 0.15) is 5.75 Å². The molecule has 0 radical (unpaired) electrons. The predicted molar refractivity (Wildman–Crippen MR) is 159 cm³/mol. The Morgan fingerprint density at radius 3 is 2.63 bits per heavy atom. The Hall–Kier alpha value is -4.21. The number of benzene rings is 3. The van der Waals surface area contributed by atoms with Crippen LogP contribution < -0.4 is 4.74 Å². The van der Waals surface area contributed by atoms with Crippen molar-refractivity contribution in [1.29, 1.82) is 0 Å². The maximum atomic E-state index is 12.0. The van der Waals surface area contributed by atoms with Crippen LogP contribution in [0.25, 0.3) is 33.5 Å². The summed E-state index contributed by atoms with van der Waals surface area (Å²) in [6.07, 6.45) is 2.14. The van der Waals surface area contributed by atoms with Gasteiger partial charge in [-0.3, -0.25) is 4.57 Å². The van der Waals surface area contributed by atoms with Crippen LogP contribution in [-0.4, -0.2) is 52.6 Å². The zero-order valence-electron chi connectivity index (χ0n) is 22.9. The molecule has 1 aliphatic heterocycles. The quantitative estimate of drug-likeness (QED) is 0.149. The van der Waals surface area contributed by atoms with E-state index in [0.717, 1.165) is 63.7 Å². The predicted octanol–water partition coefficient (Wildman–Crippen LogP) is 6.43. The number of ether oxygens (including phenoxy) is 3. The first kappa shape index (κ1) is 27.0. The number of hydrogen-bond acceptors (Lipinski definition) is 8. The van der Waals surface area contributed by atoms with Crippen molar-refractivity contribution in [2.24, 2.45) is 0 Å². The van der Waals surface area contributed by atoms with Gasteiger partial charge in [0, 0.05) is 34.4 Å². The molecule has 1 unspecified atom stereocenters. The van der Waals surface area contributed by atoms with E-state index < -0.39 is 5.97 Å². The molecule has 0 amide bonds. The summed E-state index contributed by atoms with van der Waals surface area (Å²) >= 11 is 1.58. The number of carbonyl (C=O) groups is 1. The number of para-hydroxylation sites is 1. The molecule has 2 aromatic heterocycles. The molecule has 0 N–H and O–H groups in total. The van der Waals surface area contributed by atoms with E-state index >= 15 is 0 Å². The zero-order valence-corrected chi connectivity index (χ0v) is 23.8. The van der Waals surface area contributed by atoms with Crippen LogP contribution in [0.15, 0.2) is 84.0 Å². The first-order chi connectivity index (χ1) is 20.1. The van der Waals surface area contributed by atoms with Crippen molar-refractivity contribution in [3.05, 3.63) is 90.0 Å². The molecular formula is C32H30N4O4S. The Morgan fingerprint density at radius 2 is 1.85 bits per heavy atom. The second-order valence-electron chi connectivity index (χ2n) is 9.80. The van der Waals surface area contributed by atoms with E-state index in [9.17, 15) is 4.79 Å². The van der Waals surface area contributed by atoms with Crippen LogP contribution in [0, 0.1) is 0 Å². The van der Waals surface area contributed by atoms with Crippen molar-refractivity contribution in [3.8, 4) is 28.4 Å². The minimum atomic E-state index is -0.400. The van der Waals surface area contributed by atoms with Gasteiger partial charge in [0.2, 0.25) is 0 Å². The van der Waals surface area contributed by atoms with E-state index in [1.54, 1.807) is 31.0 Å². The van der Waals surface area contributed by atoms with Crippen molar-refractivity contribution in [1.82, 2.24) is 19.7 Å². The van der Waals surface area contributed by atoms with Gasteiger partial charge in [-0.1, -0.05) is 66.4 Å². The summed E-state index contributed by atoms with van der Waals surface area (Å²) in [7, 11) is 2.97. The molecule has 1 aliphatic rings. The maximum Gasteiger partial charge on any atom is 0.337 e. The van der Waals surface area contributed by atoms with E-state index in [2.05, 4.69) is 33.9 Å². The lowest BCUT2D eigenvalue weighted by molar-refractivity contribution is 0.0600. The van der Waals surface area contributed by atoms with Crippen LogP contribution in [0.1, 0.15) is 28.8 Å². The van der Waals surface area contributed by atoms with Gasteiger partial charge in [0.25, 0.3) is 0 Å². The number of thioether (sulfide) groups is 1. The Bertz CT molecular complexity index is 1680. The second-order valence-corrected chi connectivity index (χ2v) is 10.7. The molecule has 9 heteroatoms. The summed E-state index contributed by atoms with van der Waals surface area (Å²) in [6, 6.07) is 25.8. The minimum absolute atomic E-state index is 0.0969. The standard InChI is InChI=1S/C32H30N4O4S/c1-38-29-17-22(31(37)39-2)14-15-23(29)20-41-32-35-34-30(36(32)19-24-11-8-16-40-24)26-18-28(21-9-4-3-5-10-21)33-27-13-7-6-12-25(26)27/h3-7,9-10,12-15,17-18,24H,8,11,16,19-20H2,1-2H3. The van der Waals surface area contributed by atoms with Crippen LogP contribution in [0.5, 0.6) is 5.75 Å². The number of carbonyl (C=O) groups excluding carboxylic acids is 1. The third-order valence-electron chi connectivity index (χ3n) is 7.22. The summed E-state index contributed by atoms with van der Waals surface area (Å²) in [5.41, 5.74) is 5.20. The SMILES string of the molecule is COC(=O)c1ccc(CSc2nnc(-c3cc(-c4ccccc4)nc4ccccc34)n2CC2CCCO2)c(OC)c1. The molecule has 0 bridgehead atoms. The highest BCUT2D eigenvalue weighted by Crippen LogP contribution is 2.35. The summed E-state index contributed by atoms with van der Waals surface area (Å²) in [5, 5.41) is 11.2. The third-order valence-corrected chi connectivity index (χ3v) is 8.23. The van der Waals surface area contributed by atoms with Crippen LogP contribution in [0.3, 0.4) is 0 Å². The number of pyridine rings is 1. The lowest BCUT2D eigenvalue weighted by atomic mass is 10.0. The van der Waals surface area contributed by atoms with Crippen molar-refractivity contribution in [3.63, 3.8) is 0 Å². The lowest BCUT2D eigenvalue weighted by Gasteiger charge is -2.16. The highest BCUT2D eigenvalue weighted by atomic mass is 32.2. The molecule has 0 aliphatic carbocycles. The van der Waals surface area contributed by atoms with Crippen LogP contribution in [0.2, 0.25) is 0 Å². The number of nitrogens with zero attached hydrogens (tertiary/aromatic N) is 4. The molecule has 0 saturated carbocycles. The monoisotopic (exact) mass is 566 g/mol. The Balaban J connectivity index is 1.40. The molecule has 1 saturated heterocycles. The van der Waals surface area contributed by atoms with Gasteiger partial charge < -0.3 is 14.2 Å². The van der Waals surface area contributed by atoms with Crippen molar-refractivity contribution in [2.75, 3.05) is 20.8 Å². The van der Waals surface area contributed by atoms with Crippen LogP contribution in [0.4, 0.5) is 0 Å². The van der Waals surface area contributed by atoms with Crippen molar-refractivity contribution < 1.29 is 19.0 Å². The number of hydrogen-bond donors (Lipinski definition) is 0. The normalized spacial score (nSPS) is 14.8. The number of rotatable bonds is 9. The highest BCUT2D eigenvalue weighted by molar-refractivity contribution is 7.98. The summed E-state index contributed by atoms with van der Waals surface area (Å²) < 4.78 is 18.7. The van der Waals surface area contributed by atoms with Gasteiger partial charge in [-0.2, -0.15) is 0 Å². The van der Waals surface area contributed by atoms with Gasteiger partial charge in [-0.05, 0) is 37.1 Å². The van der Waals surface area contributed by atoms with Gasteiger partial charge >= 0.3 is 5.97 Å². The second kappa shape index (κ2) is 12.1. The average Bonchev–Trinajstić information content (AvgIpc) is 3.69. The summed E-state index contributed by atoms with van der Waals surface area (Å²) in [5.74, 6) is 1.59. The van der Waals surface area contributed by atoms with E-state index in [0.29, 0.717) is 23.6 Å². The molecule has 1 fully saturated rings. The molecular weight excluding hydrogens is 536 g/mol. The molecule has 8 nitrogen and oxygen atoms in total. The molecule has 208 valence electrons. The van der Waals surface area contributed by atoms with E-state index in [1.807, 2.05) is 42.5 Å². The van der Waals surface area contributed by atoms with E-state index in [-0.39, 0.29) is 6.10 Å². The smallest absolute Gasteiger partial charge is 0.337 e. The van der Waals surface area contributed by atoms with Gasteiger partial charge in [-0.15, -0.1) is 10.2 Å². The molecule has 1 atom stereocenters. The fourth-order valence-electron chi connectivity index (χ4n) is 5.12. The molecule has 41 heavy (non-hydrogen) atoms. The molecule has 3 heterocycles. The lowest BCUT2D eigenvalue weighted by Crippen LogP contribution is -2.16. The average molecular weight is 567 g/mol. The minimum Gasteiger partial charge on any atom is -0.496 e. The fourth-order valence-corrected chi connectivity index (χ4v) is 6.06. The van der Waals surface area contributed by atoms with Crippen LogP contribution in [-0.2, 0) is 21.8 Å². The van der Waals surface area contributed by atoms with E-state index in [1.165, 1.54) is 7.11 Å². The van der Waals surface area contributed by atoms with Crippen molar-refractivity contribution >= 4 is 28.6 Å². The van der Waals surface area contributed by atoms with E-state index in [4.69, 9.17) is 24.3 Å². The molecule has 5 aromatic rings.